The molecule has 2 aliphatic rings. The Morgan fingerprint density at radius 1 is 1.33 bits per heavy atom. The van der Waals surface area contributed by atoms with Gasteiger partial charge >= 0.3 is 0 Å². The van der Waals surface area contributed by atoms with E-state index in [1.165, 1.54) is 38.5 Å². The standard InChI is InChI=1S/C16H28O2/c1-16-7-5-6-14(11-16)10-15(12-16)13-18-9-4-2-3-8-17/h8,14-15H,2-7,9-13H2,1H3/t14-,15?,16?/m0/s1. The highest BCUT2D eigenvalue weighted by molar-refractivity contribution is 5.48. The maximum atomic E-state index is 10.2. The number of ether oxygens (including phenoxy) is 1. The van der Waals surface area contributed by atoms with E-state index < -0.39 is 0 Å². The lowest BCUT2D eigenvalue weighted by atomic mass is 9.60. The summed E-state index contributed by atoms with van der Waals surface area (Å²) in [4.78, 5) is 10.2. The van der Waals surface area contributed by atoms with E-state index in [0.29, 0.717) is 11.8 Å². The molecule has 2 aliphatic carbocycles. The fraction of sp³-hybridized carbons (Fsp3) is 0.938. The van der Waals surface area contributed by atoms with Crippen molar-refractivity contribution in [2.45, 2.75) is 64.7 Å². The summed E-state index contributed by atoms with van der Waals surface area (Å²) in [5.41, 5.74) is 0.618. The zero-order chi connectivity index (χ0) is 12.8. The van der Waals surface area contributed by atoms with Crippen LogP contribution in [0, 0.1) is 17.3 Å². The van der Waals surface area contributed by atoms with Crippen LogP contribution in [0.2, 0.25) is 0 Å². The average Bonchev–Trinajstić information content (AvgIpc) is 2.32. The van der Waals surface area contributed by atoms with Crippen molar-refractivity contribution in [2.75, 3.05) is 13.2 Å². The molecular weight excluding hydrogens is 224 g/mol. The molecule has 0 spiro atoms. The predicted molar refractivity (Wildman–Crippen MR) is 73.5 cm³/mol. The van der Waals surface area contributed by atoms with Gasteiger partial charge in [-0.25, -0.2) is 0 Å². The molecule has 2 nitrogen and oxygen atoms in total. The molecule has 2 unspecified atom stereocenters. The largest absolute Gasteiger partial charge is 0.381 e. The number of carbonyl (C=O) groups is 1. The first-order valence-electron chi connectivity index (χ1n) is 7.73. The number of hydrogen-bond acceptors (Lipinski definition) is 2. The lowest BCUT2D eigenvalue weighted by molar-refractivity contribution is -0.108. The molecule has 2 bridgehead atoms. The third kappa shape index (κ3) is 4.08. The zero-order valence-corrected chi connectivity index (χ0v) is 11.8. The van der Waals surface area contributed by atoms with Crippen molar-refractivity contribution in [1.29, 1.82) is 0 Å². The molecule has 104 valence electrons. The second-order valence-electron chi connectivity index (χ2n) is 6.82. The molecule has 0 heterocycles. The van der Waals surface area contributed by atoms with E-state index in [4.69, 9.17) is 4.74 Å². The molecule has 0 radical (unpaired) electrons. The lowest BCUT2D eigenvalue weighted by Crippen LogP contribution is -2.36. The first-order valence-corrected chi connectivity index (χ1v) is 7.73. The van der Waals surface area contributed by atoms with E-state index in [-0.39, 0.29) is 0 Å². The Kier molecular flexibility index (Phi) is 5.23. The molecule has 2 rings (SSSR count). The summed E-state index contributed by atoms with van der Waals surface area (Å²) in [6, 6.07) is 0. The normalized spacial score (nSPS) is 35.4. The Balaban J connectivity index is 1.63. The number of hydrogen-bond donors (Lipinski definition) is 0. The Morgan fingerprint density at radius 2 is 2.22 bits per heavy atom. The maximum absolute atomic E-state index is 10.2. The first kappa shape index (κ1) is 14.0. The van der Waals surface area contributed by atoms with Crippen molar-refractivity contribution in [1.82, 2.24) is 0 Å². The van der Waals surface area contributed by atoms with Gasteiger partial charge in [0.05, 0.1) is 0 Å². The second kappa shape index (κ2) is 6.70. The van der Waals surface area contributed by atoms with Crippen LogP contribution in [0.4, 0.5) is 0 Å². The minimum atomic E-state index is 0.618. The van der Waals surface area contributed by atoms with Crippen LogP contribution in [0.15, 0.2) is 0 Å². The van der Waals surface area contributed by atoms with E-state index in [0.717, 1.165) is 44.2 Å². The molecule has 0 aliphatic heterocycles. The third-order valence-electron chi connectivity index (χ3n) is 4.84. The highest BCUT2D eigenvalue weighted by Crippen LogP contribution is 2.50. The SMILES string of the molecule is CC12CCC[C@@H](CC(COCCCCC=O)C1)C2. The van der Waals surface area contributed by atoms with Gasteiger partial charge < -0.3 is 9.53 Å². The third-order valence-corrected chi connectivity index (χ3v) is 4.84. The van der Waals surface area contributed by atoms with E-state index in [2.05, 4.69) is 6.92 Å². The van der Waals surface area contributed by atoms with Crippen LogP contribution in [-0.2, 0) is 9.53 Å². The van der Waals surface area contributed by atoms with Gasteiger partial charge in [0.2, 0.25) is 0 Å². The number of rotatable bonds is 7. The molecular formula is C16H28O2. The molecule has 0 aromatic heterocycles. The number of carbonyl (C=O) groups excluding carboxylic acids is 1. The van der Waals surface area contributed by atoms with Crippen molar-refractivity contribution >= 4 is 6.29 Å². The second-order valence-corrected chi connectivity index (χ2v) is 6.82. The van der Waals surface area contributed by atoms with Crippen molar-refractivity contribution in [2.24, 2.45) is 17.3 Å². The van der Waals surface area contributed by atoms with Crippen LogP contribution >= 0.6 is 0 Å². The molecule has 2 saturated carbocycles. The topological polar surface area (TPSA) is 26.3 Å². The van der Waals surface area contributed by atoms with Crippen LogP contribution in [0.5, 0.6) is 0 Å². The first-order chi connectivity index (χ1) is 8.72. The van der Waals surface area contributed by atoms with Crippen molar-refractivity contribution in [3.8, 4) is 0 Å². The molecule has 0 N–H and O–H groups in total. The summed E-state index contributed by atoms with van der Waals surface area (Å²) in [7, 11) is 0. The van der Waals surface area contributed by atoms with Gasteiger partial charge in [-0.2, -0.15) is 0 Å². The quantitative estimate of drug-likeness (QED) is 0.506. The number of fused-ring (bicyclic) bond motifs is 2. The summed E-state index contributed by atoms with van der Waals surface area (Å²) in [5, 5.41) is 0. The minimum Gasteiger partial charge on any atom is -0.381 e. The van der Waals surface area contributed by atoms with Crippen LogP contribution < -0.4 is 0 Å². The summed E-state index contributed by atoms with van der Waals surface area (Å²) in [6.45, 7) is 4.27. The van der Waals surface area contributed by atoms with Crippen LogP contribution in [-0.4, -0.2) is 19.5 Å². The van der Waals surface area contributed by atoms with Crippen molar-refractivity contribution < 1.29 is 9.53 Å². The van der Waals surface area contributed by atoms with Gasteiger partial charge in [-0.15, -0.1) is 0 Å². The van der Waals surface area contributed by atoms with Gasteiger partial charge in [0.1, 0.15) is 6.29 Å². The van der Waals surface area contributed by atoms with E-state index in [1.54, 1.807) is 0 Å². The number of unbranched alkanes of at least 4 members (excludes halogenated alkanes) is 2. The van der Waals surface area contributed by atoms with Gasteiger partial charge in [-0.1, -0.05) is 19.8 Å². The summed E-state index contributed by atoms with van der Waals surface area (Å²) in [5.74, 6) is 1.77. The summed E-state index contributed by atoms with van der Waals surface area (Å²) in [6.07, 6.45) is 12.3. The molecule has 0 aromatic rings. The Hall–Kier alpha value is -0.370. The summed E-state index contributed by atoms with van der Waals surface area (Å²) >= 11 is 0. The highest BCUT2D eigenvalue weighted by atomic mass is 16.5. The van der Waals surface area contributed by atoms with E-state index in [9.17, 15) is 4.79 Å². The molecule has 2 heteroatoms. The van der Waals surface area contributed by atoms with Crippen LogP contribution in [0.3, 0.4) is 0 Å². The summed E-state index contributed by atoms with van der Waals surface area (Å²) < 4.78 is 5.81. The van der Waals surface area contributed by atoms with Gasteiger partial charge in [-0.05, 0) is 55.8 Å². The van der Waals surface area contributed by atoms with E-state index >= 15 is 0 Å². The smallest absolute Gasteiger partial charge is 0.119 e. The molecule has 2 fully saturated rings. The molecule has 0 saturated heterocycles. The maximum Gasteiger partial charge on any atom is 0.119 e. The van der Waals surface area contributed by atoms with Crippen LogP contribution in [0.25, 0.3) is 0 Å². The minimum absolute atomic E-state index is 0.618. The van der Waals surface area contributed by atoms with E-state index in [1.807, 2.05) is 0 Å². The zero-order valence-electron chi connectivity index (χ0n) is 11.8. The Bertz CT molecular complexity index is 264. The molecule has 0 amide bonds. The van der Waals surface area contributed by atoms with Crippen molar-refractivity contribution in [3.05, 3.63) is 0 Å². The highest BCUT2D eigenvalue weighted by Gasteiger charge is 2.39. The van der Waals surface area contributed by atoms with Crippen LogP contribution in [0.1, 0.15) is 64.7 Å². The molecule has 0 aromatic carbocycles. The van der Waals surface area contributed by atoms with Gasteiger partial charge in [-0.3, -0.25) is 0 Å². The molecule has 18 heavy (non-hydrogen) atoms. The fourth-order valence-corrected chi connectivity index (χ4v) is 4.17. The Labute approximate surface area is 111 Å². The predicted octanol–water partition coefficient (Wildman–Crippen LogP) is 3.98. The lowest BCUT2D eigenvalue weighted by Gasteiger charge is -2.46. The van der Waals surface area contributed by atoms with Gasteiger partial charge in [0.25, 0.3) is 0 Å². The van der Waals surface area contributed by atoms with Gasteiger partial charge in [0, 0.05) is 19.6 Å². The Morgan fingerprint density at radius 3 is 3.00 bits per heavy atom. The fourth-order valence-electron chi connectivity index (χ4n) is 4.17. The molecule has 3 atom stereocenters. The van der Waals surface area contributed by atoms with Crippen molar-refractivity contribution in [3.63, 3.8) is 0 Å². The number of aldehydes is 1. The monoisotopic (exact) mass is 252 g/mol. The van der Waals surface area contributed by atoms with Gasteiger partial charge in [0.15, 0.2) is 0 Å². The average molecular weight is 252 g/mol.